The molecule has 3 rings (SSSR count). The lowest BCUT2D eigenvalue weighted by molar-refractivity contribution is -0.137. The molecule has 0 unspecified atom stereocenters. The molecule has 0 saturated carbocycles. The highest BCUT2D eigenvalue weighted by Gasteiger charge is 2.19. The van der Waals surface area contributed by atoms with E-state index in [1.807, 2.05) is 19.1 Å². The number of nitrogens with zero attached hydrogens (tertiary/aromatic N) is 2. The molecule has 6 heteroatoms. The van der Waals surface area contributed by atoms with E-state index in [4.69, 9.17) is 16.7 Å². The molecule has 1 heterocycles. The third kappa shape index (κ3) is 2.96. The van der Waals surface area contributed by atoms with Crippen LogP contribution in [0, 0.1) is 6.92 Å². The minimum atomic E-state index is -1.01. The van der Waals surface area contributed by atoms with Gasteiger partial charge in [0.25, 0.3) is 0 Å². The Hall–Kier alpha value is -2.66. The van der Waals surface area contributed by atoms with Crippen LogP contribution < -0.4 is 0 Å². The van der Waals surface area contributed by atoms with Gasteiger partial charge in [0.15, 0.2) is 0 Å². The fourth-order valence-corrected chi connectivity index (χ4v) is 2.56. The van der Waals surface area contributed by atoms with Gasteiger partial charge in [0.05, 0.1) is 5.52 Å². The van der Waals surface area contributed by atoms with Crippen LogP contribution in [-0.2, 0) is 11.3 Å². The first-order valence-electron chi connectivity index (χ1n) is 6.95. The summed E-state index contributed by atoms with van der Waals surface area (Å²) in [7, 11) is 0. The fourth-order valence-electron chi connectivity index (χ4n) is 2.44. The van der Waals surface area contributed by atoms with Gasteiger partial charge in [-0.3, -0.25) is 14.3 Å². The summed E-state index contributed by atoms with van der Waals surface area (Å²) in [6.07, 6.45) is 0. The molecule has 0 fully saturated rings. The lowest BCUT2D eigenvalue weighted by Crippen LogP contribution is -2.11. The van der Waals surface area contributed by atoms with Crippen molar-refractivity contribution in [1.29, 1.82) is 0 Å². The normalized spacial score (nSPS) is 10.9. The summed E-state index contributed by atoms with van der Waals surface area (Å²) in [6, 6.07) is 12.0. The summed E-state index contributed by atoms with van der Waals surface area (Å²) >= 11 is 5.84. The third-order valence-electron chi connectivity index (χ3n) is 3.51. The number of carbonyl (C=O) groups excluding carboxylic acids is 1. The Morgan fingerprint density at radius 2 is 1.87 bits per heavy atom. The zero-order valence-corrected chi connectivity index (χ0v) is 13.0. The number of halogens is 1. The second kappa shape index (κ2) is 5.85. The molecule has 1 aromatic heterocycles. The van der Waals surface area contributed by atoms with Gasteiger partial charge in [0, 0.05) is 16.0 Å². The SMILES string of the molecule is Cc1ccc2c(C(=O)c3ccc(Cl)cc3)nn(CC(=O)O)c2c1. The number of aromatic nitrogens is 2. The summed E-state index contributed by atoms with van der Waals surface area (Å²) in [5.41, 5.74) is 2.29. The van der Waals surface area contributed by atoms with E-state index in [-0.39, 0.29) is 18.0 Å². The van der Waals surface area contributed by atoms with Crippen molar-refractivity contribution >= 4 is 34.3 Å². The lowest BCUT2D eigenvalue weighted by atomic mass is 10.0. The molecule has 0 bridgehead atoms. The van der Waals surface area contributed by atoms with Crippen LogP contribution in [0.25, 0.3) is 10.9 Å². The number of aliphatic carboxylic acids is 1. The highest BCUT2D eigenvalue weighted by atomic mass is 35.5. The number of ketones is 1. The number of rotatable bonds is 4. The minimum Gasteiger partial charge on any atom is -0.480 e. The Bertz CT molecular complexity index is 913. The molecule has 0 aliphatic carbocycles. The molecular weight excluding hydrogens is 316 g/mol. The molecular formula is C17H13ClN2O3. The van der Waals surface area contributed by atoms with Gasteiger partial charge in [-0.2, -0.15) is 5.10 Å². The second-order valence-electron chi connectivity index (χ2n) is 5.26. The second-order valence-corrected chi connectivity index (χ2v) is 5.69. The Morgan fingerprint density at radius 3 is 2.52 bits per heavy atom. The molecule has 23 heavy (non-hydrogen) atoms. The van der Waals surface area contributed by atoms with Gasteiger partial charge in [-0.15, -0.1) is 0 Å². The molecule has 0 aliphatic heterocycles. The van der Waals surface area contributed by atoms with E-state index < -0.39 is 5.97 Å². The first kappa shape index (κ1) is 15.2. The number of aryl methyl sites for hydroxylation is 1. The van der Waals surface area contributed by atoms with Crippen molar-refractivity contribution in [3.63, 3.8) is 0 Å². The predicted octanol–water partition coefficient (Wildman–Crippen LogP) is 3.31. The highest BCUT2D eigenvalue weighted by Crippen LogP contribution is 2.23. The summed E-state index contributed by atoms with van der Waals surface area (Å²) < 4.78 is 1.34. The largest absolute Gasteiger partial charge is 0.480 e. The number of hydrogen-bond donors (Lipinski definition) is 1. The standard InChI is InChI=1S/C17H13ClN2O3/c1-10-2-7-13-14(8-10)20(9-15(21)22)19-16(13)17(23)11-3-5-12(18)6-4-11/h2-8H,9H2,1H3,(H,21,22). The maximum atomic E-state index is 12.7. The lowest BCUT2D eigenvalue weighted by Gasteiger charge is -1.99. The van der Waals surface area contributed by atoms with E-state index in [1.54, 1.807) is 30.3 Å². The molecule has 0 amide bonds. The van der Waals surface area contributed by atoms with Gasteiger partial charge in [0.2, 0.25) is 5.78 Å². The van der Waals surface area contributed by atoms with Crippen molar-refractivity contribution in [2.45, 2.75) is 13.5 Å². The number of carboxylic acid groups (broad SMARTS) is 1. The first-order valence-corrected chi connectivity index (χ1v) is 7.33. The molecule has 0 saturated heterocycles. The van der Waals surface area contributed by atoms with Gasteiger partial charge < -0.3 is 5.11 Å². The van der Waals surface area contributed by atoms with Crippen LogP contribution in [0.15, 0.2) is 42.5 Å². The Kier molecular flexibility index (Phi) is 3.88. The smallest absolute Gasteiger partial charge is 0.325 e. The molecule has 116 valence electrons. The van der Waals surface area contributed by atoms with Crippen molar-refractivity contribution < 1.29 is 14.7 Å². The molecule has 0 atom stereocenters. The minimum absolute atomic E-state index is 0.239. The van der Waals surface area contributed by atoms with E-state index in [2.05, 4.69) is 5.10 Å². The monoisotopic (exact) mass is 328 g/mol. The van der Waals surface area contributed by atoms with E-state index >= 15 is 0 Å². The van der Waals surface area contributed by atoms with Crippen molar-refractivity contribution in [1.82, 2.24) is 9.78 Å². The summed E-state index contributed by atoms with van der Waals surface area (Å²) in [6.45, 7) is 1.60. The van der Waals surface area contributed by atoms with Crippen molar-refractivity contribution in [3.8, 4) is 0 Å². The molecule has 1 N–H and O–H groups in total. The van der Waals surface area contributed by atoms with Crippen LogP contribution in [0.2, 0.25) is 5.02 Å². The number of carbonyl (C=O) groups is 2. The van der Waals surface area contributed by atoms with Crippen molar-refractivity contribution in [3.05, 3.63) is 64.3 Å². The maximum absolute atomic E-state index is 12.7. The van der Waals surface area contributed by atoms with Crippen LogP contribution in [-0.4, -0.2) is 26.6 Å². The molecule has 0 radical (unpaired) electrons. The van der Waals surface area contributed by atoms with Crippen LogP contribution in [0.5, 0.6) is 0 Å². The van der Waals surface area contributed by atoms with Gasteiger partial charge in [-0.1, -0.05) is 23.7 Å². The fraction of sp³-hybridized carbons (Fsp3) is 0.118. The van der Waals surface area contributed by atoms with E-state index in [1.165, 1.54) is 4.68 Å². The zero-order valence-electron chi connectivity index (χ0n) is 12.3. The van der Waals surface area contributed by atoms with Crippen LogP contribution in [0.1, 0.15) is 21.6 Å². The Balaban J connectivity index is 2.15. The van der Waals surface area contributed by atoms with Gasteiger partial charge >= 0.3 is 5.97 Å². The first-order chi connectivity index (χ1) is 11.0. The third-order valence-corrected chi connectivity index (χ3v) is 3.77. The molecule has 3 aromatic rings. The topological polar surface area (TPSA) is 72.2 Å². The van der Waals surface area contributed by atoms with E-state index in [9.17, 15) is 9.59 Å². The van der Waals surface area contributed by atoms with Crippen LogP contribution >= 0.6 is 11.6 Å². The summed E-state index contributed by atoms with van der Waals surface area (Å²) in [4.78, 5) is 23.7. The molecule has 0 spiro atoms. The van der Waals surface area contributed by atoms with Gasteiger partial charge in [-0.25, -0.2) is 0 Å². The number of benzene rings is 2. The highest BCUT2D eigenvalue weighted by molar-refractivity contribution is 6.30. The van der Waals surface area contributed by atoms with Crippen LogP contribution in [0.4, 0.5) is 0 Å². The molecule has 0 aliphatic rings. The maximum Gasteiger partial charge on any atom is 0.325 e. The number of hydrogen-bond acceptors (Lipinski definition) is 3. The van der Waals surface area contributed by atoms with Crippen LogP contribution in [0.3, 0.4) is 0 Å². The molecule has 2 aromatic carbocycles. The quantitative estimate of drug-likeness (QED) is 0.746. The van der Waals surface area contributed by atoms with Crippen molar-refractivity contribution in [2.75, 3.05) is 0 Å². The van der Waals surface area contributed by atoms with E-state index in [0.29, 0.717) is 21.5 Å². The summed E-state index contributed by atoms with van der Waals surface area (Å²) in [5.74, 6) is -1.28. The Morgan fingerprint density at radius 1 is 1.17 bits per heavy atom. The average molecular weight is 329 g/mol. The number of fused-ring (bicyclic) bond motifs is 1. The molecule has 5 nitrogen and oxygen atoms in total. The summed E-state index contributed by atoms with van der Waals surface area (Å²) in [5, 5.41) is 14.4. The van der Waals surface area contributed by atoms with Gasteiger partial charge in [-0.05, 0) is 42.8 Å². The number of carboxylic acids is 1. The Labute approximate surface area is 137 Å². The van der Waals surface area contributed by atoms with E-state index in [0.717, 1.165) is 5.56 Å². The van der Waals surface area contributed by atoms with Crippen molar-refractivity contribution in [2.24, 2.45) is 0 Å². The zero-order chi connectivity index (χ0) is 16.6. The van der Waals surface area contributed by atoms with Gasteiger partial charge in [0.1, 0.15) is 12.2 Å². The predicted molar refractivity (Wildman–Crippen MR) is 87.0 cm³/mol. The average Bonchev–Trinajstić information content (AvgIpc) is 2.84.